The highest BCUT2D eigenvalue weighted by Crippen LogP contribution is 2.28. The summed E-state index contributed by atoms with van der Waals surface area (Å²) in [6.07, 6.45) is 1.32. The van der Waals surface area contributed by atoms with Gasteiger partial charge in [-0.15, -0.1) is 0 Å². The molecular weight excluding hydrogens is 380 g/mol. The van der Waals surface area contributed by atoms with E-state index >= 15 is 0 Å². The Balaban J connectivity index is 1.76. The molecule has 0 unspecified atom stereocenters. The molecule has 2 N–H and O–H groups in total. The predicted octanol–water partition coefficient (Wildman–Crippen LogP) is 4.53. The number of hydrogen-bond acceptors (Lipinski definition) is 6. The number of halogens is 1. The molecule has 3 aromatic rings. The molecule has 0 fully saturated rings. The van der Waals surface area contributed by atoms with Crippen molar-refractivity contribution in [2.75, 3.05) is 24.4 Å². The van der Waals surface area contributed by atoms with Crippen LogP contribution in [0.15, 0.2) is 54.9 Å². The van der Waals surface area contributed by atoms with E-state index in [1.54, 1.807) is 43.5 Å². The Morgan fingerprint density at radius 1 is 1.11 bits per heavy atom. The summed E-state index contributed by atoms with van der Waals surface area (Å²) in [6, 6.07) is 14.0. The summed E-state index contributed by atoms with van der Waals surface area (Å²) in [5.41, 5.74) is 1.49. The number of rotatable bonds is 7. The van der Waals surface area contributed by atoms with Crippen molar-refractivity contribution in [1.82, 2.24) is 9.97 Å². The van der Waals surface area contributed by atoms with Gasteiger partial charge in [-0.2, -0.15) is 0 Å². The number of nitrogens with one attached hydrogen (secondary N) is 2. The van der Waals surface area contributed by atoms with Crippen LogP contribution in [0.2, 0.25) is 5.02 Å². The second-order valence-corrected chi connectivity index (χ2v) is 6.05. The Morgan fingerprint density at radius 3 is 2.68 bits per heavy atom. The topological polar surface area (TPSA) is 85.4 Å². The standard InChI is InChI=1S/C20H19ClN4O3/c1-3-28-18-7-5-4-6-15(18)25-20(26)16-11-19(23-12-22-16)24-13-8-9-17(27-2)14(21)10-13/h4-12H,3H2,1-2H3,(H,25,26)(H,22,23,24). The number of benzene rings is 2. The second-order valence-electron chi connectivity index (χ2n) is 5.65. The van der Waals surface area contributed by atoms with Crippen LogP contribution in [0.4, 0.5) is 17.2 Å². The van der Waals surface area contributed by atoms with Gasteiger partial charge in [0, 0.05) is 11.8 Å². The van der Waals surface area contributed by atoms with Gasteiger partial charge in [-0.25, -0.2) is 9.97 Å². The highest BCUT2D eigenvalue weighted by molar-refractivity contribution is 6.32. The van der Waals surface area contributed by atoms with Gasteiger partial charge in [0.05, 0.1) is 24.4 Å². The van der Waals surface area contributed by atoms with Crippen molar-refractivity contribution in [3.63, 3.8) is 0 Å². The van der Waals surface area contributed by atoms with Crippen LogP contribution in [0.1, 0.15) is 17.4 Å². The normalized spacial score (nSPS) is 10.2. The Morgan fingerprint density at radius 2 is 1.93 bits per heavy atom. The molecule has 0 atom stereocenters. The van der Waals surface area contributed by atoms with E-state index in [2.05, 4.69) is 20.6 Å². The van der Waals surface area contributed by atoms with Crippen molar-refractivity contribution in [1.29, 1.82) is 0 Å². The zero-order valence-electron chi connectivity index (χ0n) is 15.4. The molecule has 28 heavy (non-hydrogen) atoms. The van der Waals surface area contributed by atoms with Crippen LogP contribution < -0.4 is 20.1 Å². The molecule has 8 heteroatoms. The third-order valence-corrected chi connectivity index (χ3v) is 4.05. The number of carbonyl (C=O) groups is 1. The molecule has 1 aromatic heterocycles. The zero-order chi connectivity index (χ0) is 19.9. The highest BCUT2D eigenvalue weighted by Gasteiger charge is 2.12. The molecule has 2 aromatic carbocycles. The highest BCUT2D eigenvalue weighted by atomic mass is 35.5. The van der Waals surface area contributed by atoms with Crippen molar-refractivity contribution in [2.24, 2.45) is 0 Å². The van der Waals surface area contributed by atoms with E-state index in [0.29, 0.717) is 40.3 Å². The smallest absolute Gasteiger partial charge is 0.274 e. The van der Waals surface area contributed by atoms with E-state index in [0.717, 1.165) is 0 Å². The van der Waals surface area contributed by atoms with Crippen LogP contribution in [0.3, 0.4) is 0 Å². The van der Waals surface area contributed by atoms with Crippen LogP contribution in [-0.2, 0) is 0 Å². The van der Waals surface area contributed by atoms with Crippen LogP contribution >= 0.6 is 11.6 Å². The number of methoxy groups -OCH3 is 1. The average Bonchev–Trinajstić information content (AvgIpc) is 2.70. The molecule has 0 radical (unpaired) electrons. The first kappa shape index (κ1) is 19.4. The molecule has 0 saturated heterocycles. The number of hydrogen-bond donors (Lipinski definition) is 2. The SMILES string of the molecule is CCOc1ccccc1NC(=O)c1cc(Nc2ccc(OC)c(Cl)c2)ncn1. The van der Waals surface area contributed by atoms with Crippen LogP contribution in [0.5, 0.6) is 11.5 Å². The van der Waals surface area contributed by atoms with Gasteiger partial charge >= 0.3 is 0 Å². The first-order valence-electron chi connectivity index (χ1n) is 8.56. The number of amides is 1. The number of nitrogens with zero attached hydrogens (tertiary/aromatic N) is 2. The molecule has 1 amide bonds. The molecule has 0 aliphatic carbocycles. The third kappa shape index (κ3) is 4.69. The summed E-state index contributed by atoms with van der Waals surface area (Å²) in [5, 5.41) is 6.36. The summed E-state index contributed by atoms with van der Waals surface area (Å²) in [5.74, 6) is 1.26. The minimum Gasteiger partial charge on any atom is -0.495 e. The van der Waals surface area contributed by atoms with E-state index in [-0.39, 0.29) is 11.6 Å². The first-order valence-corrected chi connectivity index (χ1v) is 8.94. The van der Waals surface area contributed by atoms with Gasteiger partial charge in [-0.1, -0.05) is 23.7 Å². The third-order valence-electron chi connectivity index (χ3n) is 3.76. The van der Waals surface area contributed by atoms with Gasteiger partial charge in [0.2, 0.25) is 0 Å². The second kappa shape index (κ2) is 9.05. The van der Waals surface area contributed by atoms with Crippen molar-refractivity contribution >= 4 is 34.7 Å². The summed E-state index contributed by atoms with van der Waals surface area (Å²) in [6.45, 7) is 2.38. The van der Waals surface area contributed by atoms with Crippen LogP contribution in [0, 0.1) is 0 Å². The minimum absolute atomic E-state index is 0.211. The first-order chi connectivity index (χ1) is 13.6. The maximum absolute atomic E-state index is 12.6. The average molecular weight is 399 g/mol. The van der Waals surface area contributed by atoms with Crippen molar-refractivity contribution < 1.29 is 14.3 Å². The fraction of sp³-hybridized carbons (Fsp3) is 0.150. The Kier molecular flexibility index (Phi) is 6.29. The molecule has 0 aliphatic heterocycles. The van der Waals surface area contributed by atoms with Gasteiger partial charge in [-0.05, 0) is 37.3 Å². The maximum Gasteiger partial charge on any atom is 0.274 e. The van der Waals surface area contributed by atoms with Gasteiger partial charge in [-0.3, -0.25) is 4.79 Å². The summed E-state index contributed by atoms with van der Waals surface area (Å²) in [7, 11) is 1.55. The lowest BCUT2D eigenvalue weighted by atomic mass is 10.2. The van der Waals surface area contributed by atoms with Crippen LogP contribution in [0.25, 0.3) is 0 Å². The molecule has 0 spiro atoms. The summed E-state index contributed by atoms with van der Waals surface area (Å²) >= 11 is 6.13. The molecular formula is C20H19ClN4O3. The van der Waals surface area contributed by atoms with Crippen LogP contribution in [-0.4, -0.2) is 29.6 Å². The molecule has 3 rings (SSSR count). The number of carbonyl (C=O) groups excluding carboxylic acids is 1. The maximum atomic E-state index is 12.6. The van der Waals surface area contributed by atoms with Crippen molar-refractivity contribution in [2.45, 2.75) is 6.92 Å². The van der Waals surface area contributed by atoms with E-state index in [1.165, 1.54) is 6.33 Å². The predicted molar refractivity (Wildman–Crippen MR) is 109 cm³/mol. The minimum atomic E-state index is -0.370. The number of ether oxygens (including phenoxy) is 2. The fourth-order valence-electron chi connectivity index (χ4n) is 2.48. The molecule has 0 saturated carbocycles. The largest absolute Gasteiger partial charge is 0.495 e. The summed E-state index contributed by atoms with van der Waals surface area (Å²) < 4.78 is 10.7. The van der Waals surface area contributed by atoms with Gasteiger partial charge < -0.3 is 20.1 Å². The van der Waals surface area contributed by atoms with Gasteiger partial charge in [0.15, 0.2) is 0 Å². The fourth-order valence-corrected chi connectivity index (χ4v) is 2.74. The lowest BCUT2D eigenvalue weighted by Gasteiger charge is -2.11. The number of para-hydroxylation sites is 2. The number of aromatic nitrogens is 2. The Hall–Kier alpha value is -3.32. The van der Waals surface area contributed by atoms with Gasteiger partial charge in [0.1, 0.15) is 29.3 Å². The molecule has 7 nitrogen and oxygen atoms in total. The van der Waals surface area contributed by atoms with Crippen molar-refractivity contribution in [3.05, 3.63) is 65.6 Å². The lowest BCUT2D eigenvalue weighted by Crippen LogP contribution is -2.15. The monoisotopic (exact) mass is 398 g/mol. The zero-order valence-corrected chi connectivity index (χ0v) is 16.2. The van der Waals surface area contributed by atoms with E-state index in [1.807, 2.05) is 19.1 Å². The quantitative estimate of drug-likeness (QED) is 0.608. The molecule has 0 bridgehead atoms. The molecule has 144 valence electrons. The van der Waals surface area contributed by atoms with Gasteiger partial charge in [0.25, 0.3) is 5.91 Å². The van der Waals surface area contributed by atoms with E-state index in [4.69, 9.17) is 21.1 Å². The summed E-state index contributed by atoms with van der Waals surface area (Å²) in [4.78, 5) is 20.8. The molecule has 0 aliphatic rings. The lowest BCUT2D eigenvalue weighted by molar-refractivity contribution is 0.102. The van der Waals surface area contributed by atoms with Crippen molar-refractivity contribution in [3.8, 4) is 11.5 Å². The van der Waals surface area contributed by atoms with E-state index in [9.17, 15) is 4.79 Å². The Bertz CT molecular complexity index is 981. The molecule has 1 heterocycles. The number of anilines is 3. The Labute approximate surface area is 167 Å². The van der Waals surface area contributed by atoms with E-state index < -0.39 is 0 Å².